The van der Waals surface area contributed by atoms with Crippen molar-refractivity contribution in [1.82, 2.24) is 5.32 Å². The van der Waals surface area contributed by atoms with Gasteiger partial charge in [-0.25, -0.2) is 0 Å². The van der Waals surface area contributed by atoms with Crippen LogP contribution in [0.3, 0.4) is 0 Å². The lowest BCUT2D eigenvalue weighted by Gasteiger charge is -2.13. The highest BCUT2D eigenvalue weighted by atomic mass is 35.5. The maximum atomic E-state index is 12.0. The highest BCUT2D eigenvalue weighted by Crippen LogP contribution is 2.35. The van der Waals surface area contributed by atoms with E-state index in [0.29, 0.717) is 27.1 Å². The van der Waals surface area contributed by atoms with E-state index in [9.17, 15) is 9.59 Å². The molecule has 0 aliphatic rings. The van der Waals surface area contributed by atoms with Crippen LogP contribution in [-0.2, 0) is 4.79 Å². The summed E-state index contributed by atoms with van der Waals surface area (Å²) in [6.45, 7) is -0.163. The molecule has 122 valence electrons. The van der Waals surface area contributed by atoms with Gasteiger partial charge in [0.15, 0.2) is 0 Å². The summed E-state index contributed by atoms with van der Waals surface area (Å²) in [6.07, 6.45) is 0. The normalized spacial score (nSPS) is 10.0. The lowest BCUT2D eigenvalue weighted by molar-refractivity contribution is -0.115. The Labute approximate surface area is 142 Å². The monoisotopic (exact) mass is 354 g/mol. The molecule has 0 fully saturated rings. The molecule has 1 aromatic carbocycles. The molecule has 1 heterocycles. The zero-order valence-electron chi connectivity index (χ0n) is 12.5. The molecule has 0 atom stereocenters. The third kappa shape index (κ3) is 4.37. The van der Waals surface area contributed by atoms with Crippen LogP contribution >= 0.6 is 22.9 Å². The molecule has 6 nitrogen and oxygen atoms in total. The molecule has 0 radical (unpaired) electrons. The van der Waals surface area contributed by atoms with Crippen molar-refractivity contribution in [2.75, 3.05) is 26.1 Å². The Hall–Kier alpha value is -2.25. The molecule has 0 bridgehead atoms. The number of hydrogen-bond acceptors (Lipinski definition) is 5. The molecule has 1 aromatic heterocycles. The fourth-order valence-electron chi connectivity index (χ4n) is 1.81. The van der Waals surface area contributed by atoms with E-state index in [1.165, 1.54) is 31.6 Å². The van der Waals surface area contributed by atoms with Gasteiger partial charge in [-0.3, -0.25) is 9.59 Å². The Bertz CT molecular complexity index is 704. The van der Waals surface area contributed by atoms with Crippen LogP contribution in [0, 0.1) is 0 Å². The van der Waals surface area contributed by atoms with E-state index in [2.05, 4.69) is 10.6 Å². The van der Waals surface area contributed by atoms with Gasteiger partial charge in [0.05, 0.1) is 36.4 Å². The summed E-state index contributed by atoms with van der Waals surface area (Å²) in [6, 6.07) is 6.55. The molecule has 8 heteroatoms. The predicted molar refractivity (Wildman–Crippen MR) is 89.8 cm³/mol. The molecule has 0 saturated heterocycles. The van der Waals surface area contributed by atoms with Crippen LogP contribution in [0.5, 0.6) is 11.5 Å². The summed E-state index contributed by atoms with van der Waals surface area (Å²) in [5, 5.41) is 7.31. The van der Waals surface area contributed by atoms with Crippen molar-refractivity contribution in [1.29, 1.82) is 0 Å². The number of methoxy groups -OCH3 is 2. The maximum Gasteiger partial charge on any atom is 0.261 e. The first kappa shape index (κ1) is 17.1. The lowest BCUT2D eigenvalue weighted by atomic mass is 10.2. The van der Waals surface area contributed by atoms with Gasteiger partial charge in [-0.1, -0.05) is 17.7 Å². The Kier molecular flexibility index (Phi) is 5.84. The number of carbonyl (C=O) groups excluding carboxylic acids is 2. The lowest BCUT2D eigenvalue weighted by Crippen LogP contribution is -2.32. The number of benzene rings is 1. The Morgan fingerprint density at radius 2 is 1.96 bits per heavy atom. The molecular formula is C15H15ClN2O4S. The van der Waals surface area contributed by atoms with E-state index >= 15 is 0 Å². The number of hydrogen-bond donors (Lipinski definition) is 2. The number of anilines is 1. The second kappa shape index (κ2) is 7.85. The van der Waals surface area contributed by atoms with Crippen molar-refractivity contribution < 1.29 is 19.1 Å². The van der Waals surface area contributed by atoms with Gasteiger partial charge in [0.25, 0.3) is 5.91 Å². The number of thiophene rings is 1. The van der Waals surface area contributed by atoms with Crippen molar-refractivity contribution >= 4 is 40.4 Å². The van der Waals surface area contributed by atoms with Gasteiger partial charge < -0.3 is 20.1 Å². The second-order valence-electron chi connectivity index (χ2n) is 4.40. The summed E-state index contributed by atoms with van der Waals surface area (Å²) in [5.74, 6) is 0.154. The van der Waals surface area contributed by atoms with Gasteiger partial charge in [0.1, 0.15) is 11.5 Å². The molecular weight excluding hydrogens is 340 g/mol. The third-order valence-electron chi connectivity index (χ3n) is 2.90. The van der Waals surface area contributed by atoms with E-state index in [-0.39, 0.29) is 12.5 Å². The SMILES string of the molecule is COc1cc(OC)c(NC(=O)CNC(=O)c2cccs2)cc1Cl. The van der Waals surface area contributed by atoms with E-state index < -0.39 is 5.91 Å². The molecule has 23 heavy (non-hydrogen) atoms. The molecule has 2 aromatic rings. The van der Waals surface area contributed by atoms with E-state index in [1.54, 1.807) is 23.6 Å². The Morgan fingerprint density at radius 3 is 2.57 bits per heavy atom. The topological polar surface area (TPSA) is 76.7 Å². The van der Waals surface area contributed by atoms with Gasteiger partial charge >= 0.3 is 0 Å². The minimum absolute atomic E-state index is 0.163. The Morgan fingerprint density at radius 1 is 1.22 bits per heavy atom. The van der Waals surface area contributed by atoms with Crippen LogP contribution < -0.4 is 20.1 Å². The van der Waals surface area contributed by atoms with Crippen molar-refractivity contribution in [3.05, 3.63) is 39.5 Å². The van der Waals surface area contributed by atoms with Gasteiger partial charge in [-0.15, -0.1) is 11.3 Å². The van der Waals surface area contributed by atoms with E-state index in [4.69, 9.17) is 21.1 Å². The first-order chi connectivity index (χ1) is 11.0. The highest BCUT2D eigenvalue weighted by Gasteiger charge is 2.14. The molecule has 0 spiro atoms. The average molecular weight is 355 g/mol. The largest absolute Gasteiger partial charge is 0.495 e. The van der Waals surface area contributed by atoms with Gasteiger partial charge in [-0.2, -0.15) is 0 Å². The summed E-state index contributed by atoms with van der Waals surface area (Å²) < 4.78 is 10.3. The predicted octanol–water partition coefficient (Wildman–Crippen LogP) is 2.79. The van der Waals surface area contributed by atoms with Crippen molar-refractivity contribution in [3.63, 3.8) is 0 Å². The van der Waals surface area contributed by atoms with Gasteiger partial charge in [-0.05, 0) is 17.5 Å². The fraction of sp³-hybridized carbons (Fsp3) is 0.200. The molecule has 2 N–H and O–H groups in total. The summed E-state index contributed by atoms with van der Waals surface area (Å²) in [5.41, 5.74) is 0.397. The van der Waals surface area contributed by atoms with Crippen molar-refractivity contribution in [2.24, 2.45) is 0 Å². The van der Waals surface area contributed by atoms with Crippen LogP contribution in [-0.4, -0.2) is 32.6 Å². The quantitative estimate of drug-likeness (QED) is 0.836. The Balaban J connectivity index is 2.00. The number of rotatable bonds is 6. The van der Waals surface area contributed by atoms with Crippen molar-refractivity contribution in [3.8, 4) is 11.5 Å². The van der Waals surface area contributed by atoms with Crippen LogP contribution in [0.25, 0.3) is 0 Å². The highest BCUT2D eigenvalue weighted by molar-refractivity contribution is 7.12. The minimum Gasteiger partial charge on any atom is -0.495 e. The van der Waals surface area contributed by atoms with Crippen molar-refractivity contribution in [2.45, 2.75) is 0 Å². The molecule has 0 saturated carbocycles. The number of nitrogens with one attached hydrogen (secondary N) is 2. The number of ether oxygens (including phenoxy) is 2. The number of amides is 2. The van der Waals surface area contributed by atoms with Crippen LogP contribution in [0.2, 0.25) is 5.02 Å². The number of carbonyl (C=O) groups is 2. The van der Waals surface area contributed by atoms with Gasteiger partial charge in [0, 0.05) is 6.07 Å². The second-order valence-corrected chi connectivity index (χ2v) is 5.75. The standard InChI is InChI=1S/C15H15ClN2O4S/c1-21-11-7-12(22-2)10(6-9(11)16)18-14(19)8-17-15(20)13-4-3-5-23-13/h3-7H,8H2,1-2H3,(H,17,20)(H,18,19). The molecule has 0 aliphatic carbocycles. The van der Waals surface area contributed by atoms with Crippen LogP contribution in [0.4, 0.5) is 5.69 Å². The summed E-state index contributed by atoms with van der Waals surface area (Å²) >= 11 is 7.34. The fourth-order valence-corrected chi connectivity index (χ4v) is 2.69. The third-order valence-corrected chi connectivity index (χ3v) is 4.07. The van der Waals surface area contributed by atoms with E-state index in [0.717, 1.165) is 0 Å². The van der Waals surface area contributed by atoms with Crippen LogP contribution in [0.1, 0.15) is 9.67 Å². The number of halogens is 1. The molecule has 0 aliphatic heterocycles. The first-order valence-electron chi connectivity index (χ1n) is 6.58. The smallest absolute Gasteiger partial charge is 0.261 e. The molecule has 2 rings (SSSR count). The summed E-state index contributed by atoms with van der Waals surface area (Å²) in [7, 11) is 2.95. The van der Waals surface area contributed by atoms with Crippen LogP contribution in [0.15, 0.2) is 29.6 Å². The minimum atomic E-state index is -0.394. The van der Waals surface area contributed by atoms with Gasteiger partial charge in [0.2, 0.25) is 5.91 Å². The average Bonchev–Trinajstić information content (AvgIpc) is 3.07. The zero-order chi connectivity index (χ0) is 16.8. The first-order valence-corrected chi connectivity index (χ1v) is 7.84. The van der Waals surface area contributed by atoms with E-state index in [1.807, 2.05) is 0 Å². The molecule has 2 amide bonds. The maximum absolute atomic E-state index is 12.0. The zero-order valence-corrected chi connectivity index (χ0v) is 14.1. The molecule has 0 unspecified atom stereocenters. The summed E-state index contributed by atoms with van der Waals surface area (Å²) in [4.78, 5) is 24.3.